The summed E-state index contributed by atoms with van der Waals surface area (Å²) in [6.07, 6.45) is -3.40. The van der Waals surface area contributed by atoms with Gasteiger partial charge < -0.3 is 10.1 Å². The lowest BCUT2D eigenvalue weighted by molar-refractivity contribution is -0.139. The maximum atomic E-state index is 12.7. The molecule has 0 aliphatic carbocycles. The molecule has 0 saturated carbocycles. The van der Waals surface area contributed by atoms with E-state index in [2.05, 4.69) is 5.32 Å². The predicted octanol–water partition coefficient (Wildman–Crippen LogP) is 2.69. The largest absolute Gasteiger partial charge is 0.493 e. The SMILES string of the molecule is FC(F)(F)c1ccccc1OCC1CCNC1. The molecule has 1 unspecified atom stereocenters. The van der Waals surface area contributed by atoms with Crippen molar-refractivity contribution < 1.29 is 17.9 Å². The van der Waals surface area contributed by atoms with Crippen molar-refractivity contribution in [1.82, 2.24) is 5.32 Å². The number of halogens is 3. The molecule has 0 spiro atoms. The van der Waals surface area contributed by atoms with Crippen LogP contribution in [0.1, 0.15) is 12.0 Å². The molecule has 0 amide bonds. The highest BCUT2D eigenvalue weighted by Gasteiger charge is 2.34. The molecule has 1 aromatic carbocycles. The van der Waals surface area contributed by atoms with Crippen LogP contribution in [0.3, 0.4) is 0 Å². The summed E-state index contributed by atoms with van der Waals surface area (Å²) in [4.78, 5) is 0. The van der Waals surface area contributed by atoms with E-state index in [0.29, 0.717) is 12.5 Å². The Bertz CT molecular complexity index is 372. The van der Waals surface area contributed by atoms with Gasteiger partial charge in [0.05, 0.1) is 12.2 Å². The van der Waals surface area contributed by atoms with Crippen molar-refractivity contribution in [1.29, 1.82) is 0 Å². The van der Waals surface area contributed by atoms with Gasteiger partial charge in [-0.05, 0) is 25.1 Å². The predicted molar refractivity (Wildman–Crippen MR) is 57.9 cm³/mol. The molecule has 1 aliphatic rings. The Morgan fingerprint density at radius 3 is 2.71 bits per heavy atom. The summed E-state index contributed by atoms with van der Waals surface area (Å²) in [5.74, 6) is 0.225. The second-order valence-electron chi connectivity index (χ2n) is 4.16. The smallest absolute Gasteiger partial charge is 0.419 e. The summed E-state index contributed by atoms with van der Waals surface area (Å²) in [6.45, 7) is 2.06. The maximum absolute atomic E-state index is 12.7. The topological polar surface area (TPSA) is 21.3 Å². The van der Waals surface area contributed by atoms with Crippen molar-refractivity contribution in [2.75, 3.05) is 19.7 Å². The van der Waals surface area contributed by atoms with Crippen molar-refractivity contribution in [2.45, 2.75) is 12.6 Å². The standard InChI is InChI=1S/C12H14F3NO/c13-12(14,15)10-3-1-2-4-11(10)17-8-9-5-6-16-7-9/h1-4,9,16H,5-8H2. The van der Waals surface area contributed by atoms with Crippen molar-refractivity contribution in [3.63, 3.8) is 0 Å². The summed E-state index contributed by atoms with van der Waals surface area (Å²) in [6, 6.07) is 5.33. The quantitative estimate of drug-likeness (QED) is 0.884. The molecule has 1 fully saturated rings. The molecule has 17 heavy (non-hydrogen) atoms. The van der Waals surface area contributed by atoms with Gasteiger partial charge in [0.15, 0.2) is 0 Å². The third kappa shape index (κ3) is 3.12. The van der Waals surface area contributed by atoms with Crippen molar-refractivity contribution >= 4 is 0 Å². The zero-order chi connectivity index (χ0) is 12.3. The Labute approximate surface area is 97.8 Å². The van der Waals surface area contributed by atoms with Crippen LogP contribution >= 0.6 is 0 Å². The van der Waals surface area contributed by atoms with Crippen LogP contribution in [0, 0.1) is 5.92 Å². The summed E-state index contributed by atoms with van der Waals surface area (Å²) in [5.41, 5.74) is -0.703. The first-order chi connectivity index (χ1) is 8.07. The van der Waals surface area contributed by atoms with Gasteiger partial charge in [-0.3, -0.25) is 0 Å². The molecule has 1 aliphatic heterocycles. The number of para-hydroxylation sites is 1. The van der Waals surface area contributed by atoms with Crippen LogP contribution < -0.4 is 10.1 Å². The van der Waals surface area contributed by atoms with Crippen LogP contribution in [0.5, 0.6) is 5.75 Å². The molecule has 1 atom stereocenters. The third-order valence-electron chi connectivity index (χ3n) is 2.83. The number of benzene rings is 1. The second-order valence-corrected chi connectivity index (χ2v) is 4.16. The third-order valence-corrected chi connectivity index (χ3v) is 2.83. The number of hydrogen-bond acceptors (Lipinski definition) is 2. The number of ether oxygens (including phenoxy) is 1. The Kier molecular flexibility index (Phi) is 3.57. The molecule has 1 aromatic rings. The minimum Gasteiger partial charge on any atom is -0.493 e. The first-order valence-electron chi connectivity index (χ1n) is 5.57. The fourth-order valence-electron chi connectivity index (χ4n) is 1.89. The zero-order valence-corrected chi connectivity index (χ0v) is 9.26. The number of alkyl halides is 3. The fourth-order valence-corrected chi connectivity index (χ4v) is 1.89. The number of hydrogen-bond donors (Lipinski definition) is 1. The molecule has 94 valence electrons. The molecular weight excluding hydrogens is 231 g/mol. The Morgan fingerprint density at radius 1 is 1.29 bits per heavy atom. The van der Waals surface area contributed by atoms with Crippen molar-refractivity contribution in [3.8, 4) is 5.75 Å². The average molecular weight is 245 g/mol. The minimum absolute atomic E-state index is 0.0769. The van der Waals surface area contributed by atoms with E-state index in [1.165, 1.54) is 12.1 Å². The lowest BCUT2D eigenvalue weighted by Gasteiger charge is -2.15. The molecule has 2 rings (SSSR count). The van der Waals surface area contributed by atoms with E-state index in [4.69, 9.17) is 4.74 Å². The summed E-state index contributed by atoms with van der Waals surface area (Å²) >= 11 is 0. The van der Waals surface area contributed by atoms with Gasteiger partial charge in [0.1, 0.15) is 5.75 Å². The van der Waals surface area contributed by atoms with Gasteiger partial charge in [0, 0.05) is 12.5 Å². The molecule has 2 nitrogen and oxygen atoms in total. The van der Waals surface area contributed by atoms with Gasteiger partial charge in [-0.1, -0.05) is 12.1 Å². The first-order valence-corrected chi connectivity index (χ1v) is 5.57. The van der Waals surface area contributed by atoms with Crippen LogP contribution in [-0.2, 0) is 6.18 Å². The summed E-state index contributed by atoms with van der Waals surface area (Å²) in [5, 5.41) is 3.15. The van der Waals surface area contributed by atoms with Gasteiger partial charge in [-0.2, -0.15) is 13.2 Å². The molecule has 0 bridgehead atoms. The molecule has 0 radical (unpaired) electrons. The molecule has 1 saturated heterocycles. The average Bonchev–Trinajstić information content (AvgIpc) is 2.78. The van der Waals surface area contributed by atoms with E-state index >= 15 is 0 Å². The number of rotatable bonds is 3. The molecule has 1 heterocycles. The van der Waals surface area contributed by atoms with Crippen LogP contribution in [0.4, 0.5) is 13.2 Å². The fraction of sp³-hybridized carbons (Fsp3) is 0.500. The molecule has 1 N–H and O–H groups in total. The summed E-state index contributed by atoms with van der Waals surface area (Å²) in [7, 11) is 0. The van der Waals surface area contributed by atoms with Crippen LogP contribution in [0.25, 0.3) is 0 Å². The van der Waals surface area contributed by atoms with Crippen molar-refractivity contribution in [2.24, 2.45) is 5.92 Å². The highest BCUT2D eigenvalue weighted by atomic mass is 19.4. The molecule has 0 aromatic heterocycles. The van der Waals surface area contributed by atoms with Crippen LogP contribution in [-0.4, -0.2) is 19.7 Å². The van der Waals surface area contributed by atoms with E-state index in [1.807, 2.05) is 0 Å². The lowest BCUT2D eigenvalue weighted by Crippen LogP contribution is -2.17. The maximum Gasteiger partial charge on any atom is 0.419 e. The monoisotopic (exact) mass is 245 g/mol. The normalized spacial score (nSPS) is 20.5. The minimum atomic E-state index is -4.36. The molecule has 5 heteroatoms. The Hall–Kier alpha value is -1.23. The van der Waals surface area contributed by atoms with Gasteiger partial charge in [0.25, 0.3) is 0 Å². The van der Waals surface area contributed by atoms with Gasteiger partial charge in [0.2, 0.25) is 0 Å². The second kappa shape index (κ2) is 4.96. The Balaban J connectivity index is 2.04. The Morgan fingerprint density at radius 2 is 2.06 bits per heavy atom. The van der Waals surface area contributed by atoms with Gasteiger partial charge >= 0.3 is 6.18 Å². The van der Waals surface area contributed by atoms with Gasteiger partial charge in [-0.15, -0.1) is 0 Å². The van der Waals surface area contributed by atoms with E-state index in [1.54, 1.807) is 6.07 Å². The van der Waals surface area contributed by atoms with Crippen LogP contribution in [0.15, 0.2) is 24.3 Å². The van der Waals surface area contributed by atoms with Crippen LogP contribution in [0.2, 0.25) is 0 Å². The van der Waals surface area contributed by atoms with E-state index in [-0.39, 0.29) is 5.75 Å². The number of nitrogens with one attached hydrogen (secondary N) is 1. The highest BCUT2D eigenvalue weighted by Crippen LogP contribution is 2.36. The zero-order valence-electron chi connectivity index (χ0n) is 9.26. The van der Waals surface area contributed by atoms with E-state index in [9.17, 15) is 13.2 Å². The lowest BCUT2D eigenvalue weighted by atomic mass is 10.1. The van der Waals surface area contributed by atoms with Gasteiger partial charge in [-0.25, -0.2) is 0 Å². The van der Waals surface area contributed by atoms with E-state index in [0.717, 1.165) is 25.6 Å². The van der Waals surface area contributed by atoms with E-state index < -0.39 is 11.7 Å². The first kappa shape index (κ1) is 12.2. The highest BCUT2D eigenvalue weighted by molar-refractivity contribution is 5.35. The molecular formula is C12H14F3NO. The van der Waals surface area contributed by atoms with Crippen molar-refractivity contribution in [3.05, 3.63) is 29.8 Å². The summed E-state index contributed by atoms with van der Waals surface area (Å²) < 4.78 is 43.3.